The van der Waals surface area contributed by atoms with E-state index in [-0.39, 0.29) is 0 Å². The third kappa shape index (κ3) is 2.04. The fourth-order valence-corrected chi connectivity index (χ4v) is 2.14. The number of hydrogen-bond donors (Lipinski definition) is 0. The summed E-state index contributed by atoms with van der Waals surface area (Å²) in [6.07, 6.45) is 3.39. The number of nitrogens with zero attached hydrogens (tertiary/aromatic N) is 1. The van der Waals surface area contributed by atoms with Crippen molar-refractivity contribution >= 4 is 5.69 Å². The second-order valence-corrected chi connectivity index (χ2v) is 4.36. The average molecular weight is 213 g/mol. The van der Waals surface area contributed by atoms with Gasteiger partial charge in [-0.3, -0.25) is 0 Å². The maximum Gasteiger partial charge on any atom is 0.0441 e. The SMILES string of the molecule is CCC1=C(C)C(C)=CN(c2ccccc2)C1. The van der Waals surface area contributed by atoms with Crippen LogP contribution in [0.15, 0.2) is 53.3 Å². The zero-order chi connectivity index (χ0) is 11.5. The molecule has 1 aromatic carbocycles. The maximum atomic E-state index is 2.33. The van der Waals surface area contributed by atoms with E-state index in [1.54, 1.807) is 5.57 Å². The lowest BCUT2D eigenvalue weighted by Gasteiger charge is -2.28. The van der Waals surface area contributed by atoms with Gasteiger partial charge in [0.1, 0.15) is 0 Å². The predicted molar refractivity (Wildman–Crippen MR) is 70.5 cm³/mol. The highest BCUT2D eigenvalue weighted by atomic mass is 15.1. The van der Waals surface area contributed by atoms with E-state index in [9.17, 15) is 0 Å². The van der Waals surface area contributed by atoms with Gasteiger partial charge in [-0.05, 0) is 49.1 Å². The molecule has 2 rings (SSSR count). The molecule has 1 aliphatic rings. The molecular formula is C15H19N. The molecule has 0 amide bonds. The first kappa shape index (κ1) is 11.0. The number of benzene rings is 1. The van der Waals surface area contributed by atoms with Crippen LogP contribution in [0.4, 0.5) is 5.69 Å². The molecule has 0 spiro atoms. The van der Waals surface area contributed by atoms with Gasteiger partial charge >= 0.3 is 0 Å². The van der Waals surface area contributed by atoms with Gasteiger partial charge in [-0.25, -0.2) is 0 Å². The van der Waals surface area contributed by atoms with Crippen LogP contribution in [-0.2, 0) is 0 Å². The average Bonchev–Trinajstić information content (AvgIpc) is 2.33. The highest BCUT2D eigenvalue weighted by Crippen LogP contribution is 2.27. The minimum Gasteiger partial charge on any atom is -0.344 e. The Kier molecular flexibility index (Phi) is 3.14. The number of rotatable bonds is 2. The Morgan fingerprint density at radius 1 is 1.12 bits per heavy atom. The zero-order valence-electron chi connectivity index (χ0n) is 10.3. The summed E-state index contributed by atoms with van der Waals surface area (Å²) in [5.41, 5.74) is 5.67. The van der Waals surface area contributed by atoms with E-state index in [1.807, 2.05) is 0 Å². The van der Waals surface area contributed by atoms with E-state index < -0.39 is 0 Å². The molecule has 1 aromatic rings. The van der Waals surface area contributed by atoms with E-state index in [0.29, 0.717) is 0 Å². The van der Waals surface area contributed by atoms with Crippen LogP contribution in [0.1, 0.15) is 27.2 Å². The molecule has 0 radical (unpaired) electrons. The van der Waals surface area contributed by atoms with E-state index in [4.69, 9.17) is 0 Å². The molecule has 84 valence electrons. The van der Waals surface area contributed by atoms with Gasteiger partial charge in [-0.15, -0.1) is 0 Å². The fourth-order valence-electron chi connectivity index (χ4n) is 2.14. The predicted octanol–water partition coefficient (Wildman–Crippen LogP) is 4.14. The molecule has 0 aromatic heterocycles. The number of hydrogen-bond acceptors (Lipinski definition) is 1. The normalized spacial score (nSPS) is 16.4. The summed E-state index contributed by atoms with van der Waals surface area (Å²) in [5, 5.41) is 0. The lowest BCUT2D eigenvalue weighted by molar-refractivity contribution is 0.903. The van der Waals surface area contributed by atoms with Crippen molar-refractivity contribution in [1.29, 1.82) is 0 Å². The van der Waals surface area contributed by atoms with Gasteiger partial charge in [0.2, 0.25) is 0 Å². The van der Waals surface area contributed by atoms with Crippen molar-refractivity contribution in [3.63, 3.8) is 0 Å². The first-order valence-electron chi connectivity index (χ1n) is 5.91. The molecule has 0 atom stereocenters. The van der Waals surface area contributed by atoms with E-state index >= 15 is 0 Å². The minimum absolute atomic E-state index is 1.03. The quantitative estimate of drug-likeness (QED) is 0.713. The molecule has 0 N–H and O–H groups in total. The summed E-state index contributed by atoms with van der Waals surface area (Å²) in [6.45, 7) is 7.69. The Morgan fingerprint density at radius 3 is 2.44 bits per heavy atom. The second-order valence-electron chi connectivity index (χ2n) is 4.36. The molecule has 0 saturated carbocycles. The summed E-state index contributed by atoms with van der Waals surface area (Å²) >= 11 is 0. The van der Waals surface area contributed by atoms with Gasteiger partial charge in [0.25, 0.3) is 0 Å². The van der Waals surface area contributed by atoms with Gasteiger partial charge in [0.05, 0.1) is 0 Å². The molecule has 1 nitrogen and oxygen atoms in total. The highest BCUT2D eigenvalue weighted by molar-refractivity contribution is 5.55. The first-order chi connectivity index (χ1) is 7.72. The van der Waals surface area contributed by atoms with E-state index in [2.05, 4.69) is 62.2 Å². The van der Waals surface area contributed by atoms with Crippen molar-refractivity contribution < 1.29 is 0 Å². The van der Waals surface area contributed by atoms with Crippen LogP contribution in [0.2, 0.25) is 0 Å². The second kappa shape index (κ2) is 4.56. The van der Waals surface area contributed by atoms with Crippen molar-refractivity contribution in [3.8, 4) is 0 Å². The van der Waals surface area contributed by atoms with E-state index in [0.717, 1.165) is 13.0 Å². The molecule has 0 unspecified atom stereocenters. The van der Waals surface area contributed by atoms with Gasteiger partial charge in [-0.1, -0.05) is 25.1 Å². The molecule has 0 fully saturated rings. The molecule has 1 heteroatoms. The maximum absolute atomic E-state index is 2.33. The van der Waals surface area contributed by atoms with Crippen molar-refractivity contribution in [2.75, 3.05) is 11.4 Å². The van der Waals surface area contributed by atoms with Crippen LogP contribution in [-0.4, -0.2) is 6.54 Å². The smallest absolute Gasteiger partial charge is 0.0441 e. The largest absolute Gasteiger partial charge is 0.344 e. The summed E-state index contributed by atoms with van der Waals surface area (Å²) in [6, 6.07) is 10.6. The monoisotopic (exact) mass is 213 g/mol. The van der Waals surface area contributed by atoms with Gasteiger partial charge in [-0.2, -0.15) is 0 Å². The summed E-state index contributed by atoms with van der Waals surface area (Å²) in [5.74, 6) is 0. The Morgan fingerprint density at radius 2 is 1.81 bits per heavy atom. The van der Waals surface area contributed by atoms with Crippen LogP contribution in [0, 0.1) is 0 Å². The van der Waals surface area contributed by atoms with Crippen LogP contribution in [0.3, 0.4) is 0 Å². The molecule has 16 heavy (non-hydrogen) atoms. The lowest BCUT2D eigenvalue weighted by Crippen LogP contribution is -2.24. The summed E-state index contributed by atoms with van der Waals surface area (Å²) in [4.78, 5) is 2.33. The topological polar surface area (TPSA) is 3.24 Å². The molecule has 0 bridgehead atoms. The van der Waals surface area contributed by atoms with Crippen LogP contribution in [0.25, 0.3) is 0 Å². The van der Waals surface area contributed by atoms with Gasteiger partial charge in [0.15, 0.2) is 0 Å². The third-order valence-corrected chi connectivity index (χ3v) is 3.35. The Bertz CT molecular complexity index is 426. The van der Waals surface area contributed by atoms with Crippen molar-refractivity contribution in [2.24, 2.45) is 0 Å². The molecular weight excluding hydrogens is 194 g/mol. The highest BCUT2D eigenvalue weighted by Gasteiger charge is 2.14. The van der Waals surface area contributed by atoms with Crippen LogP contribution >= 0.6 is 0 Å². The van der Waals surface area contributed by atoms with Crippen molar-refractivity contribution in [1.82, 2.24) is 0 Å². The Labute approximate surface area is 98.1 Å². The summed E-state index contributed by atoms with van der Waals surface area (Å²) < 4.78 is 0. The molecule has 1 heterocycles. The van der Waals surface area contributed by atoms with Crippen LogP contribution < -0.4 is 4.90 Å². The number of allylic oxidation sites excluding steroid dienone is 2. The third-order valence-electron chi connectivity index (χ3n) is 3.35. The van der Waals surface area contributed by atoms with Crippen LogP contribution in [0.5, 0.6) is 0 Å². The number of anilines is 1. The van der Waals surface area contributed by atoms with Gasteiger partial charge in [0, 0.05) is 18.4 Å². The Hall–Kier alpha value is -1.50. The minimum atomic E-state index is 1.03. The standard InChI is InChI=1S/C15H19N/c1-4-14-11-16(10-12(2)13(14)3)15-8-6-5-7-9-15/h5-10H,4,11H2,1-3H3. The van der Waals surface area contributed by atoms with Crippen molar-refractivity contribution in [2.45, 2.75) is 27.2 Å². The van der Waals surface area contributed by atoms with Gasteiger partial charge < -0.3 is 4.90 Å². The Balaban J connectivity index is 2.30. The molecule has 0 aliphatic carbocycles. The summed E-state index contributed by atoms with van der Waals surface area (Å²) in [7, 11) is 0. The lowest BCUT2D eigenvalue weighted by atomic mass is 9.97. The molecule has 1 aliphatic heterocycles. The first-order valence-corrected chi connectivity index (χ1v) is 5.91. The molecule has 0 saturated heterocycles. The van der Waals surface area contributed by atoms with E-state index in [1.165, 1.54) is 16.8 Å². The fraction of sp³-hybridized carbons (Fsp3) is 0.333. The zero-order valence-corrected chi connectivity index (χ0v) is 10.3. The van der Waals surface area contributed by atoms with Crippen molar-refractivity contribution in [3.05, 3.63) is 53.3 Å². The number of para-hydroxylation sites is 1.